The lowest BCUT2D eigenvalue weighted by molar-refractivity contribution is 0.477. The molecule has 3 heteroatoms. The summed E-state index contributed by atoms with van der Waals surface area (Å²) in [6.45, 7) is 1.98. The number of fused-ring (bicyclic) bond motifs is 1. The lowest BCUT2D eigenvalue weighted by Crippen LogP contribution is -1.89. The van der Waals surface area contributed by atoms with E-state index in [4.69, 9.17) is 0 Å². The summed E-state index contributed by atoms with van der Waals surface area (Å²) in [7, 11) is 0. The molecule has 0 aliphatic heterocycles. The summed E-state index contributed by atoms with van der Waals surface area (Å²) in [5, 5.41) is 11.5. The molecule has 1 heterocycles. The van der Waals surface area contributed by atoms with Crippen molar-refractivity contribution in [2.75, 3.05) is 0 Å². The van der Waals surface area contributed by atoms with Crippen LogP contribution in [0.5, 0.6) is 5.75 Å². The molecule has 0 saturated heterocycles. The fourth-order valence-electron chi connectivity index (χ4n) is 3.02. The van der Waals surface area contributed by atoms with Gasteiger partial charge in [0.05, 0.1) is 5.52 Å². The highest BCUT2D eigenvalue weighted by Crippen LogP contribution is 2.36. The highest BCUT2D eigenvalue weighted by molar-refractivity contribution is 5.96. The molecule has 4 rings (SSSR count). The van der Waals surface area contributed by atoms with E-state index in [2.05, 4.69) is 23.2 Å². The smallest absolute Gasteiger partial charge is 0.123 e. The summed E-state index contributed by atoms with van der Waals surface area (Å²) in [4.78, 5) is 4.68. The number of benzene rings is 3. The van der Waals surface area contributed by atoms with Crippen molar-refractivity contribution in [1.82, 2.24) is 4.98 Å². The molecule has 1 aromatic heterocycles. The molecule has 119 valence electrons. The summed E-state index contributed by atoms with van der Waals surface area (Å²) < 4.78 is 0. The molecule has 0 aliphatic rings. The normalized spacial score (nSPS) is 10.4. The first kappa shape index (κ1) is 17.2. The van der Waals surface area contributed by atoms with E-state index >= 15 is 0 Å². The minimum atomic E-state index is 0. The van der Waals surface area contributed by atoms with Gasteiger partial charge in [0.1, 0.15) is 5.75 Å². The molecule has 0 spiro atoms. The number of aromatic hydroxyl groups is 1. The van der Waals surface area contributed by atoms with Crippen LogP contribution < -0.4 is 0 Å². The number of hydrogen-bond acceptors (Lipinski definition) is 2. The molecule has 0 amide bonds. The van der Waals surface area contributed by atoms with E-state index in [0.29, 0.717) is 0 Å². The van der Waals surface area contributed by atoms with Gasteiger partial charge < -0.3 is 5.11 Å². The Kier molecular flexibility index (Phi) is 4.90. The maximum atomic E-state index is 10.4. The fraction of sp³-hybridized carbons (Fsp3) is 0.0455. The second kappa shape index (κ2) is 7.11. The second-order valence-electron chi connectivity index (χ2n) is 5.93. The summed E-state index contributed by atoms with van der Waals surface area (Å²) in [5.41, 5.74) is 5.84. The molecular weight excluding hydrogens is 321 g/mol. The summed E-state index contributed by atoms with van der Waals surface area (Å²) in [5.74, 6) is 0.269. The molecule has 0 fully saturated rings. The number of phenolic OH excluding ortho intramolecular Hbond substituents is 1. The molecule has 3 radical (unpaired) electrons. The Balaban J connectivity index is 0.00000182. The number of phenols is 1. The van der Waals surface area contributed by atoms with Gasteiger partial charge in [0, 0.05) is 39.6 Å². The Morgan fingerprint density at radius 1 is 0.720 bits per heavy atom. The summed E-state index contributed by atoms with van der Waals surface area (Å²) in [6, 6.07) is 26.0. The number of pyridine rings is 1. The average molecular weight is 338 g/mol. The molecular formula is C22H17AlNO. The van der Waals surface area contributed by atoms with Gasteiger partial charge in [-0.25, -0.2) is 0 Å². The Morgan fingerprint density at radius 3 is 2.32 bits per heavy atom. The van der Waals surface area contributed by atoms with Gasteiger partial charge in [-0.15, -0.1) is 0 Å². The van der Waals surface area contributed by atoms with Crippen LogP contribution in [0.2, 0.25) is 0 Å². The first-order chi connectivity index (χ1) is 11.7. The van der Waals surface area contributed by atoms with Crippen molar-refractivity contribution < 1.29 is 5.11 Å². The first-order valence-corrected chi connectivity index (χ1v) is 7.97. The zero-order chi connectivity index (χ0) is 16.5. The molecule has 2 nitrogen and oxygen atoms in total. The summed E-state index contributed by atoms with van der Waals surface area (Å²) >= 11 is 0. The predicted octanol–water partition coefficient (Wildman–Crippen LogP) is 5.20. The van der Waals surface area contributed by atoms with Crippen LogP contribution in [0.1, 0.15) is 5.69 Å². The highest BCUT2D eigenvalue weighted by Gasteiger charge is 2.11. The molecule has 0 atom stereocenters. The van der Waals surface area contributed by atoms with Crippen molar-refractivity contribution in [2.24, 2.45) is 0 Å². The zero-order valence-electron chi connectivity index (χ0n) is 14.0. The van der Waals surface area contributed by atoms with Crippen LogP contribution in [-0.2, 0) is 0 Å². The third-order valence-electron chi connectivity index (χ3n) is 4.25. The van der Waals surface area contributed by atoms with Gasteiger partial charge in [0.15, 0.2) is 0 Å². The lowest BCUT2D eigenvalue weighted by atomic mass is 9.96. The van der Waals surface area contributed by atoms with Gasteiger partial charge in [-0.05, 0) is 36.2 Å². The summed E-state index contributed by atoms with van der Waals surface area (Å²) in [6.07, 6.45) is 0. The van der Waals surface area contributed by atoms with Gasteiger partial charge in [0.25, 0.3) is 0 Å². The third kappa shape index (κ3) is 3.30. The van der Waals surface area contributed by atoms with E-state index in [9.17, 15) is 5.11 Å². The third-order valence-corrected chi connectivity index (χ3v) is 4.25. The number of nitrogens with zero attached hydrogens (tertiary/aromatic N) is 1. The maximum absolute atomic E-state index is 10.4. The Morgan fingerprint density at radius 2 is 1.52 bits per heavy atom. The minimum absolute atomic E-state index is 0. The Labute approximate surface area is 157 Å². The molecule has 0 bridgehead atoms. The average Bonchev–Trinajstić information content (AvgIpc) is 2.62. The molecule has 25 heavy (non-hydrogen) atoms. The second-order valence-corrected chi connectivity index (χ2v) is 5.93. The van der Waals surface area contributed by atoms with Gasteiger partial charge in [-0.3, -0.25) is 4.98 Å². The van der Waals surface area contributed by atoms with Crippen LogP contribution in [-0.4, -0.2) is 27.5 Å². The van der Waals surface area contributed by atoms with Gasteiger partial charge >= 0.3 is 0 Å². The number of aromatic nitrogens is 1. The van der Waals surface area contributed by atoms with Crippen LogP contribution >= 0.6 is 0 Å². The fourth-order valence-corrected chi connectivity index (χ4v) is 3.02. The maximum Gasteiger partial charge on any atom is 0.123 e. The van der Waals surface area contributed by atoms with E-state index in [0.717, 1.165) is 38.9 Å². The zero-order valence-corrected chi connectivity index (χ0v) is 15.1. The van der Waals surface area contributed by atoms with Crippen molar-refractivity contribution >= 4 is 28.3 Å². The number of aryl methyl sites for hydroxylation is 1. The van der Waals surface area contributed by atoms with Crippen LogP contribution in [0.4, 0.5) is 0 Å². The van der Waals surface area contributed by atoms with Crippen molar-refractivity contribution in [1.29, 1.82) is 0 Å². The number of para-hydroxylation sites is 1. The predicted molar refractivity (Wildman–Crippen MR) is 105 cm³/mol. The van der Waals surface area contributed by atoms with Crippen LogP contribution in [0.15, 0.2) is 78.9 Å². The van der Waals surface area contributed by atoms with Crippen LogP contribution in [0, 0.1) is 6.92 Å². The van der Waals surface area contributed by atoms with Gasteiger partial charge in [-0.2, -0.15) is 0 Å². The molecule has 1 N–H and O–H groups in total. The SMILES string of the molecule is Cc1ccc2cccc(-c3cc(-c4ccccc4)ccc3O)c2n1.[Al]. The van der Waals surface area contributed by atoms with E-state index < -0.39 is 0 Å². The molecule has 0 unspecified atom stereocenters. The highest BCUT2D eigenvalue weighted by atomic mass is 27.0. The van der Waals surface area contributed by atoms with E-state index in [1.54, 1.807) is 6.07 Å². The van der Waals surface area contributed by atoms with Crippen LogP contribution in [0.3, 0.4) is 0 Å². The van der Waals surface area contributed by atoms with Gasteiger partial charge in [0.2, 0.25) is 0 Å². The monoisotopic (exact) mass is 338 g/mol. The molecule has 0 aliphatic carbocycles. The first-order valence-electron chi connectivity index (χ1n) is 7.97. The molecule has 0 saturated carbocycles. The Hall–Kier alpha value is -2.60. The minimum Gasteiger partial charge on any atom is -0.507 e. The van der Waals surface area contributed by atoms with Crippen molar-refractivity contribution in [3.05, 3.63) is 84.6 Å². The largest absolute Gasteiger partial charge is 0.507 e. The number of hydrogen-bond donors (Lipinski definition) is 1. The Bertz CT molecular complexity index is 1030. The standard InChI is InChI=1S/C22H17NO.Al/c1-15-10-11-17-8-5-9-19(22(17)23-15)20-14-18(12-13-21(20)24)16-6-3-2-4-7-16;/h2-14,24H,1H3;. The van der Waals surface area contributed by atoms with E-state index in [-0.39, 0.29) is 23.1 Å². The number of rotatable bonds is 2. The van der Waals surface area contributed by atoms with Crippen molar-refractivity contribution in [3.8, 4) is 28.0 Å². The lowest BCUT2D eigenvalue weighted by Gasteiger charge is -2.11. The molecule has 4 aromatic rings. The van der Waals surface area contributed by atoms with Crippen molar-refractivity contribution in [2.45, 2.75) is 6.92 Å². The van der Waals surface area contributed by atoms with E-state index in [1.165, 1.54) is 0 Å². The quantitative estimate of drug-likeness (QED) is 0.510. The van der Waals surface area contributed by atoms with E-state index in [1.807, 2.05) is 61.5 Å². The van der Waals surface area contributed by atoms with Crippen LogP contribution in [0.25, 0.3) is 33.2 Å². The van der Waals surface area contributed by atoms with Gasteiger partial charge in [-0.1, -0.05) is 60.7 Å². The van der Waals surface area contributed by atoms with Crippen molar-refractivity contribution in [3.63, 3.8) is 0 Å². The molecule has 3 aromatic carbocycles. The topological polar surface area (TPSA) is 33.1 Å².